The summed E-state index contributed by atoms with van der Waals surface area (Å²) in [6.07, 6.45) is 1.01. The zero-order valence-corrected chi connectivity index (χ0v) is 14.4. The van der Waals surface area contributed by atoms with Crippen molar-refractivity contribution in [3.05, 3.63) is 46.2 Å². The Hall–Kier alpha value is -2.74. The fraction of sp³-hybridized carbons (Fsp3) is 0.444. The minimum absolute atomic E-state index is 0.201. The zero-order chi connectivity index (χ0) is 17.9. The molecule has 0 aliphatic carbocycles. The van der Waals surface area contributed by atoms with Crippen molar-refractivity contribution in [3.63, 3.8) is 0 Å². The van der Waals surface area contributed by atoms with E-state index < -0.39 is 4.92 Å². The summed E-state index contributed by atoms with van der Waals surface area (Å²) < 4.78 is 16.5. The molecule has 2 aliphatic heterocycles. The van der Waals surface area contributed by atoms with Gasteiger partial charge < -0.3 is 18.8 Å². The molecule has 138 valence electrons. The van der Waals surface area contributed by atoms with Gasteiger partial charge in [-0.3, -0.25) is 15.0 Å². The second-order valence-corrected chi connectivity index (χ2v) is 6.44. The molecule has 8 heteroatoms. The van der Waals surface area contributed by atoms with Crippen LogP contribution in [0.3, 0.4) is 0 Å². The Morgan fingerprint density at radius 3 is 2.65 bits per heavy atom. The smallest absolute Gasteiger partial charge is 0.433 e. The number of nitrogens with zero attached hydrogens (tertiary/aromatic N) is 3. The van der Waals surface area contributed by atoms with Gasteiger partial charge in [-0.2, -0.15) is 0 Å². The van der Waals surface area contributed by atoms with Gasteiger partial charge in [0, 0.05) is 37.9 Å². The highest BCUT2D eigenvalue weighted by Gasteiger charge is 2.20. The maximum Gasteiger partial charge on any atom is 0.433 e. The zero-order valence-electron chi connectivity index (χ0n) is 14.4. The van der Waals surface area contributed by atoms with Crippen molar-refractivity contribution in [2.45, 2.75) is 13.0 Å². The lowest BCUT2D eigenvalue weighted by Gasteiger charge is -2.25. The normalized spacial score (nSPS) is 17.8. The first kappa shape index (κ1) is 16.7. The van der Waals surface area contributed by atoms with Gasteiger partial charge in [0.2, 0.25) is 0 Å². The lowest BCUT2D eigenvalue weighted by atomic mass is 10.2. The van der Waals surface area contributed by atoms with E-state index in [9.17, 15) is 10.1 Å². The molecule has 1 aromatic heterocycles. The molecule has 1 saturated heterocycles. The molecule has 0 unspecified atom stereocenters. The first-order valence-corrected chi connectivity index (χ1v) is 8.79. The first-order valence-electron chi connectivity index (χ1n) is 8.79. The Bertz CT molecular complexity index is 791. The number of ether oxygens (including phenoxy) is 2. The molecule has 0 atom stereocenters. The fourth-order valence-corrected chi connectivity index (χ4v) is 3.39. The van der Waals surface area contributed by atoms with Crippen LogP contribution in [-0.2, 0) is 6.54 Å². The van der Waals surface area contributed by atoms with E-state index in [1.807, 2.05) is 12.1 Å². The number of nitro groups is 1. The molecule has 26 heavy (non-hydrogen) atoms. The molecule has 2 aromatic rings. The number of benzene rings is 1. The monoisotopic (exact) mass is 359 g/mol. The summed E-state index contributed by atoms with van der Waals surface area (Å²) in [5, 5.41) is 10.7. The summed E-state index contributed by atoms with van der Waals surface area (Å²) >= 11 is 0. The molecule has 0 spiro atoms. The van der Waals surface area contributed by atoms with Gasteiger partial charge in [0.05, 0.1) is 12.6 Å². The van der Waals surface area contributed by atoms with E-state index in [1.54, 1.807) is 6.07 Å². The SMILES string of the molecule is O=[N+]([O-])c1ccc(CN2CCCN(c3ccc4c(c3)OCCO4)CC2)o1. The van der Waals surface area contributed by atoms with Crippen LogP contribution in [0.25, 0.3) is 0 Å². The molecule has 0 bridgehead atoms. The van der Waals surface area contributed by atoms with Crippen LogP contribution < -0.4 is 14.4 Å². The molecule has 3 heterocycles. The van der Waals surface area contributed by atoms with Crippen molar-refractivity contribution in [1.82, 2.24) is 4.90 Å². The van der Waals surface area contributed by atoms with Gasteiger partial charge in [0.15, 0.2) is 11.5 Å². The van der Waals surface area contributed by atoms with Gasteiger partial charge in [0.1, 0.15) is 23.9 Å². The van der Waals surface area contributed by atoms with Crippen LogP contribution >= 0.6 is 0 Å². The minimum atomic E-state index is -0.504. The van der Waals surface area contributed by atoms with E-state index in [0.717, 1.165) is 49.8 Å². The van der Waals surface area contributed by atoms with E-state index in [0.29, 0.717) is 25.5 Å². The van der Waals surface area contributed by atoms with Gasteiger partial charge in [-0.1, -0.05) is 0 Å². The van der Waals surface area contributed by atoms with Crippen molar-refractivity contribution in [1.29, 1.82) is 0 Å². The summed E-state index contributed by atoms with van der Waals surface area (Å²) in [7, 11) is 0. The van der Waals surface area contributed by atoms with Gasteiger partial charge in [-0.15, -0.1) is 0 Å². The van der Waals surface area contributed by atoms with Crippen molar-refractivity contribution in [2.24, 2.45) is 0 Å². The Balaban J connectivity index is 1.39. The number of hydrogen-bond donors (Lipinski definition) is 0. The molecular weight excluding hydrogens is 338 g/mol. The molecule has 1 fully saturated rings. The average molecular weight is 359 g/mol. The molecule has 0 radical (unpaired) electrons. The minimum Gasteiger partial charge on any atom is -0.486 e. The second kappa shape index (κ2) is 7.25. The maximum atomic E-state index is 10.7. The lowest BCUT2D eigenvalue weighted by Crippen LogP contribution is -2.30. The Morgan fingerprint density at radius 2 is 1.85 bits per heavy atom. The standard InChI is InChI=1S/C18H21N3O5/c22-21(23)18-5-3-15(26-18)13-19-6-1-7-20(9-8-19)14-2-4-16-17(12-14)25-11-10-24-16/h2-5,12H,1,6-11,13H2. The van der Waals surface area contributed by atoms with E-state index in [4.69, 9.17) is 13.9 Å². The number of hydrogen-bond acceptors (Lipinski definition) is 7. The van der Waals surface area contributed by atoms with E-state index in [-0.39, 0.29) is 5.88 Å². The summed E-state index contributed by atoms with van der Waals surface area (Å²) in [5.74, 6) is 2.03. The van der Waals surface area contributed by atoms with Crippen molar-refractivity contribution >= 4 is 11.6 Å². The maximum absolute atomic E-state index is 10.7. The molecule has 4 rings (SSSR count). The van der Waals surface area contributed by atoms with Crippen LogP contribution in [0.5, 0.6) is 11.5 Å². The third-order valence-corrected chi connectivity index (χ3v) is 4.69. The lowest BCUT2D eigenvalue weighted by molar-refractivity contribution is -0.402. The summed E-state index contributed by atoms with van der Waals surface area (Å²) in [5.41, 5.74) is 1.13. The number of rotatable bonds is 4. The largest absolute Gasteiger partial charge is 0.486 e. The molecular formula is C18H21N3O5. The van der Waals surface area contributed by atoms with Crippen molar-refractivity contribution < 1.29 is 18.8 Å². The molecule has 2 aliphatic rings. The summed E-state index contributed by atoms with van der Waals surface area (Å²) in [4.78, 5) is 14.8. The quantitative estimate of drug-likeness (QED) is 0.613. The number of fused-ring (bicyclic) bond motifs is 1. The summed E-state index contributed by atoms with van der Waals surface area (Å²) in [6.45, 7) is 5.38. The highest BCUT2D eigenvalue weighted by Crippen LogP contribution is 2.34. The highest BCUT2D eigenvalue weighted by atomic mass is 16.6. The first-order chi connectivity index (χ1) is 12.7. The third-order valence-electron chi connectivity index (χ3n) is 4.69. The van der Waals surface area contributed by atoms with Crippen LogP contribution in [0.4, 0.5) is 11.6 Å². The van der Waals surface area contributed by atoms with Gasteiger partial charge in [0.25, 0.3) is 0 Å². The van der Waals surface area contributed by atoms with Crippen molar-refractivity contribution in [2.75, 3.05) is 44.3 Å². The second-order valence-electron chi connectivity index (χ2n) is 6.44. The predicted molar refractivity (Wildman–Crippen MR) is 94.9 cm³/mol. The Labute approximate surface area is 151 Å². The Morgan fingerprint density at radius 1 is 1.00 bits per heavy atom. The van der Waals surface area contributed by atoms with Crippen LogP contribution in [-0.4, -0.2) is 49.2 Å². The molecule has 0 N–H and O–H groups in total. The van der Waals surface area contributed by atoms with Crippen LogP contribution in [0, 0.1) is 10.1 Å². The van der Waals surface area contributed by atoms with Crippen LogP contribution in [0.1, 0.15) is 12.2 Å². The molecule has 0 amide bonds. The topological polar surface area (TPSA) is 81.2 Å². The van der Waals surface area contributed by atoms with Gasteiger partial charge >= 0.3 is 5.88 Å². The molecule has 1 aromatic carbocycles. The third kappa shape index (κ3) is 3.60. The van der Waals surface area contributed by atoms with Crippen molar-refractivity contribution in [3.8, 4) is 11.5 Å². The average Bonchev–Trinajstić information content (AvgIpc) is 3.00. The number of anilines is 1. The fourth-order valence-electron chi connectivity index (χ4n) is 3.39. The summed E-state index contributed by atoms with van der Waals surface area (Å²) in [6, 6.07) is 9.17. The van der Waals surface area contributed by atoms with E-state index in [2.05, 4.69) is 15.9 Å². The number of furan rings is 1. The van der Waals surface area contributed by atoms with Gasteiger partial charge in [-0.05, 0) is 24.6 Å². The molecule has 8 nitrogen and oxygen atoms in total. The highest BCUT2D eigenvalue weighted by molar-refractivity contribution is 5.57. The van der Waals surface area contributed by atoms with Gasteiger partial charge in [-0.25, -0.2) is 0 Å². The van der Waals surface area contributed by atoms with E-state index in [1.165, 1.54) is 6.07 Å². The van der Waals surface area contributed by atoms with E-state index >= 15 is 0 Å². The van der Waals surface area contributed by atoms with Crippen LogP contribution in [0.2, 0.25) is 0 Å². The molecule has 0 saturated carbocycles. The predicted octanol–water partition coefficient (Wildman–Crippen LogP) is 2.67. The Kier molecular flexibility index (Phi) is 4.66. The van der Waals surface area contributed by atoms with Crippen LogP contribution in [0.15, 0.2) is 34.7 Å².